The number of aryl methyl sites for hydroxylation is 1. The van der Waals surface area contributed by atoms with Crippen molar-refractivity contribution >= 4 is 45.6 Å². The number of pyridine rings is 1. The van der Waals surface area contributed by atoms with Gasteiger partial charge in [0.2, 0.25) is 11.7 Å². The number of anilines is 4. The molecule has 0 aliphatic carbocycles. The molecule has 0 spiro atoms. The van der Waals surface area contributed by atoms with Crippen LogP contribution in [0.3, 0.4) is 0 Å². The van der Waals surface area contributed by atoms with Crippen LogP contribution in [-0.2, 0) is 7.05 Å². The lowest BCUT2D eigenvalue weighted by atomic mass is 9.94. The summed E-state index contributed by atoms with van der Waals surface area (Å²) in [4.78, 5) is 22.8. The number of piperidine rings is 1. The van der Waals surface area contributed by atoms with E-state index in [4.69, 9.17) is 16.3 Å². The number of halogens is 5. The van der Waals surface area contributed by atoms with Gasteiger partial charge in [-0.1, -0.05) is 11.6 Å². The number of benzene rings is 1. The van der Waals surface area contributed by atoms with Crippen molar-refractivity contribution in [2.45, 2.75) is 18.3 Å². The van der Waals surface area contributed by atoms with Crippen molar-refractivity contribution in [2.24, 2.45) is 13.0 Å². The van der Waals surface area contributed by atoms with Crippen LogP contribution in [0.15, 0.2) is 29.2 Å². The van der Waals surface area contributed by atoms with Crippen LogP contribution >= 0.6 is 11.6 Å². The second-order valence-corrected chi connectivity index (χ2v) is 9.53. The first-order chi connectivity index (χ1) is 17.5. The first-order valence-corrected chi connectivity index (χ1v) is 11.8. The maximum absolute atomic E-state index is 14.0. The molecular weight excluding hydrogens is 520 g/mol. The minimum absolute atomic E-state index is 0.00296. The number of aliphatic hydroxyl groups is 1. The van der Waals surface area contributed by atoms with Crippen LogP contribution in [0.4, 0.5) is 40.7 Å². The summed E-state index contributed by atoms with van der Waals surface area (Å²) >= 11 is 6.29. The molecule has 5 rings (SSSR count). The van der Waals surface area contributed by atoms with Crippen molar-refractivity contribution < 1.29 is 27.4 Å². The molecule has 2 aliphatic heterocycles. The molecule has 0 amide bonds. The second-order valence-electron chi connectivity index (χ2n) is 9.13. The molecule has 4 heterocycles. The predicted octanol–water partition coefficient (Wildman–Crippen LogP) is 3.62. The summed E-state index contributed by atoms with van der Waals surface area (Å²) in [6.07, 6.45) is 0.886. The average molecular weight is 543 g/mol. The smallest absolute Gasteiger partial charge is 0.298 e. The minimum atomic E-state index is -3.16. The number of nitrogens with one attached hydrogen (secondary N) is 2. The molecule has 2 aliphatic rings. The number of hydrogen-bond acceptors (Lipinski definition) is 8. The number of ether oxygens (including phenoxy) is 1. The molecule has 198 valence electrons. The standard InChI is InChI=1S/C23H23ClF4N6O3/c1-33-16-3-2-13(6-14(16)17-18(20(33)36)37-11-22(25,26)10-30-17)31-19-15(24)7-29-21(32-19)34-5-4-23(27,28)12(8-34)9-35/h2-3,6-7,12,30,35H,4-5,8-11H2,1H3,(H,29,31,32). The maximum Gasteiger partial charge on any atom is 0.298 e. The van der Waals surface area contributed by atoms with Gasteiger partial charge in [-0.2, -0.15) is 4.98 Å². The molecule has 1 aromatic carbocycles. The van der Waals surface area contributed by atoms with Crippen molar-refractivity contribution in [1.29, 1.82) is 0 Å². The lowest BCUT2D eigenvalue weighted by molar-refractivity contribution is -0.0881. The monoisotopic (exact) mass is 542 g/mol. The van der Waals surface area contributed by atoms with Crippen LogP contribution in [-0.4, -0.2) is 64.3 Å². The zero-order chi connectivity index (χ0) is 26.5. The Hall–Kier alpha value is -3.32. The first kappa shape index (κ1) is 25.3. The summed E-state index contributed by atoms with van der Waals surface area (Å²) in [7, 11) is 1.51. The summed E-state index contributed by atoms with van der Waals surface area (Å²) in [5.41, 5.74) is 0.549. The SMILES string of the molecule is Cn1c(=O)c2c(c3cc(Nc4nc(N5CCC(F)(F)C(CO)C5)ncc4Cl)ccc31)NCC(F)(F)CO2. The molecule has 0 bridgehead atoms. The highest BCUT2D eigenvalue weighted by atomic mass is 35.5. The van der Waals surface area contributed by atoms with E-state index in [-0.39, 0.29) is 41.3 Å². The number of alkyl halides is 4. The molecule has 1 atom stereocenters. The Morgan fingerprint density at radius 2 is 2.11 bits per heavy atom. The van der Waals surface area contributed by atoms with E-state index >= 15 is 0 Å². The zero-order valence-electron chi connectivity index (χ0n) is 19.6. The van der Waals surface area contributed by atoms with E-state index in [1.165, 1.54) is 17.8 Å². The van der Waals surface area contributed by atoms with Gasteiger partial charge in [0.05, 0.1) is 36.5 Å². The molecule has 1 unspecified atom stereocenters. The molecule has 2 aromatic heterocycles. The summed E-state index contributed by atoms with van der Waals surface area (Å²) in [6, 6.07) is 4.93. The molecule has 14 heteroatoms. The number of nitrogens with zero attached hydrogens (tertiary/aromatic N) is 4. The highest BCUT2D eigenvalue weighted by Crippen LogP contribution is 2.37. The van der Waals surface area contributed by atoms with Crippen molar-refractivity contribution in [1.82, 2.24) is 14.5 Å². The van der Waals surface area contributed by atoms with Gasteiger partial charge >= 0.3 is 0 Å². The zero-order valence-corrected chi connectivity index (χ0v) is 20.3. The molecule has 1 fully saturated rings. The number of aromatic nitrogens is 3. The van der Waals surface area contributed by atoms with Crippen molar-refractivity contribution in [3.63, 3.8) is 0 Å². The quantitative estimate of drug-likeness (QED) is 0.430. The van der Waals surface area contributed by atoms with Gasteiger partial charge in [-0.25, -0.2) is 22.5 Å². The third kappa shape index (κ3) is 4.73. The number of aliphatic hydroxyl groups excluding tert-OH is 1. The normalized spacial score (nSPS) is 20.5. The Kier molecular flexibility index (Phi) is 6.31. The minimum Gasteiger partial charge on any atom is -0.480 e. The molecule has 0 radical (unpaired) electrons. The van der Waals surface area contributed by atoms with Crippen molar-refractivity contribution in [3.05, 3.63) is 39.8 Å². The van der Waals surface area contributed by atoms with Gasteiger partial charge in [0.1, 0.15) is 5.02 Å². The Morgan fingerprint density at radius 1 is 1.32 bits per heavy atom. The molecule has 1 saturated heterocycles. The van der Waals surface area contributed by atoms with Crippen LogP contribution in [0.25, 0.3) is 10.9 Å². The summed E-state index contributed by atoms with van der Waals surface area (Å²) in [5.74, 6) is -7.24. The van der Waals surface area contributed by atoms with Gasteiger partial charge in [-0.3, -0.25) is 4.79 Å². The van der Waals surface area contributed by atoms with Crippen LogP contribution in [0.2, 0.25) is 5.02 Å². The Balaban J connectivity index is 1.48. The van der Waals surface area contributed by atoms with E-state index in [9.17, 15) is 27.5 Å². The van der Waals surface area contributed by atoms with Crippen LogP contribution in [0.1, 0.15) is 6.42 Å². The van der Waals surface area contributed by atoms with Gasteiger partial charge in [-0.15, -0.1) is 0 Å². The third-order valence-electron chi connectivity index (χ3n) is 6.56. The number of hydrogen-bond donors (Lipinski definition) is 3. The topological polar surface area (TPSA) is 105 Å². The van der Waals surface area contributed by atoms with Crippen molar-refractivity contribution in [2.75, 3.05) is 48.4 Å². The molecular formula is C23H23ClF4N6O3. The summed E-state index contributed by atoms with van der Waals surface area (Å²) in [5, 5.41) is 15.7. The first-order valence-electron chi connectivity index (χ1n) is 11.4. The third-order valence-corrected chi connectivity index (χ3v) is 6.83. The molecule has 3 N–H and O–H groups in total. The largest absolute Gasteiger partial charge is 0.480 e. The fourth-order valence-electron chi connectivity index (χ4n) is 4.44. The predicted molar refractivity (Wildman–Crippen MR) is 131 cm³/mol. The van der Waals surface area contributed by atoms with Gasteiger partial charge in [0.25, 0.3) is 17.4 Å². The van der Waals surface area contributed by atoms with Crippen LogP contribution in [0.5, 0.6) is 5.75 Å². The molecule has 37 heavy (non-hydrogen) atoms. The van der Waals surface area contributed by atoms with Crippen molar-refractivity contribution in [3.8, 4) is 5.75 Å². The molecule has 3 aromatic rings. The van der Waals surface area contributed by atoms with E-state index in [0.29, 0.717) is 16.6 Å². The lowest BCUT2D eigenvalue weighted by Crippen LogP contribution is -2.49. The van der Waals surface area contributed by atoms with Gasteiger partial charge in [0.15, 0.2) is 12.4 Å². The van der Waals surface area contributed by atoms with Gasteiger partial charge in [0, 0.05) is 37.6 Å². The summed E-state index contributed by atoms with van der Waals surface area (Å²) < 4.78 is 62.5. The number of rotatable bonds is 4. The van der Waals surface area contributed by atoms with Gasteiger partial charge < -0.3 is 29.9 Å². The molecule has 0 saturated carbocycles. The second kappa shape index (κ2) is 9.21. The van der Waals surface area contributed by atoms with Crippen LogP contribution in [0, 0.1) is 5.92 Å². The van der Waals surface area contributed by atoms with E-state index < -0.39 is 49.5 Å². The Labute approximate surface area is 213 Å². The van der Waals surface area contributed by atoms with E-state index in [0.717, 1.165) is 0 Å². The molecule has 9 nitrogen and oxygen atoms in total. The number of fused-ring (bicyclic) bond motifs is 3. The van der Waals surface area contributed by atoms with Crippen LogP contribution < -0.4 is 25.8 Å². The summed E-state index contributed by atoms with van der Waals surface area (Å²) in [6.45, 7) is -2.43. The van der Waals surface area contributed by atoms with E-state index in [2.05, 4.69) is 20.6 Å². The average Bonchev–Trinajstić information content (AvgIpc) is 3.02. The lowest BCUT2D eigenvalue weighted by Gasteiger charge is -2.37. The Morgan fingerprint density at radius 3 is 2.86 bits per heavy atom. The van der Waals surface area contributed by atoms with Gasteiger partial charge in [-0.05, 0) is 18.2 Å². The van der Waals surface area contributed by atoms with E-state index in [1.807, 2.05) is 0 Å². The Bertz CT molecular complexity index is 1420. The fourth-order valence-corrected chi connectivity index (χ4v) is 4.58. The van der Waals surface area contributed by atoms with E-state index in [1.54, 1.807) is 23.1 Å². The highest BCUT2D eigenvalue weighted by molar-refractivity contribution is 6.32. The maximum atomic E-state index is 14.0. The fraction of sp³-hybridized carbons (Fsp3) is 0.435. The highest BCUT2D eigenvalue weighted by Gasteiger charge is 2.44.